The second-order valence-electron chi connectivity index (χ2n) is 7.73. The Labute approximate surface area is 175 Å². The third kappa shape index (κ3) is 3.70. The van der Waals surface area contributed by atoms with Gasteiger partial charge in [0.2, 0.25) is 5.95 Å². The number of hydrogen-bond acceptors (Lipinski definition) is 8. The lowest BCUT2D eigenvalue weighted by molar-refractivity contribution is -0.0494. The number of nitrogens with two attached hydrogens (primary N) is 1. The third-order valence-corrected chi connectivity index (χ3v) is 7.09. The van der Waals surface area contributed by atoms with Crippen molar-refractivity contribution in [1.82, 2.24) is 15.0 Å². The molecule has 3 atom stereocenters. The summed E-state index contributed by atoms with van der Waals surface area (Å²) in [5.41, 5.74) is 6.67. The summed E-state index contributed by atoms with van der Waals surface area (Å²) in [7, 11) is 0. The van der Waals surface area contributed by atoms with E-state index < -0.39 is 12.8 Å². The number of alkyl halides is 3. The Bertz CT molecular complexity index is 950. The first-order valence-corrected chi connectivity index (χ1v) is 10.9. The van der Waals surface area contributed by atoms with Crippen LogP contribution in [-0.2, 0) is 0 Å². The second kappa shape index (κ2) is 7.68. The van der Waals surface area contributed by atoms with Crippen LogP contribution in [0, 0.1) is 0 Å². The molecule has 0 aliphatic carbocycles. The number of nitrogens with zero attached hydrogens (tertiary/aromatic N) is 5. The molecule has 0 saturated carbocycles. The van der Waals surface area contributed by atoms with Gasteiger partial charge in [-0.05, 0) is 18.9 Å². The Hall–Kier alpha value is -2.43. The number of ether oxygens (including phenoxy) is 1. The van der Waals surface area contributed by atoms with Crippen molar-refractivity contribution in [3.05, 3.63) is 18.3 Å². The lowest BCUT2D eigenvalue weighted by Crippen LogP contribution is -2.35. The van der Waals surface area contributed by atoms with Crippen LogP contribution in [0.15, 0.2) is 18.3 Å². The van der Waals surface area contributed by atoms with Crippen LogP contribution in [-0.4, -0.2) is 64.4 Å². The van der Waals surface area contributed by atoms with Crippen molar-refractivity contribution in [3.63, 3.8) is 0 Å². The van der Waals surface area contributed by atoms with E-state index in [4.69, 9.17) is 10.7 Å². The van der Waals surface area contributed by atoms with Crippen LogP contribution in [0.3, 0.4) is 0 Å². The van der Waals surface area contributed by atoms with Gasteiger partial charge in [0.15, 0.2) is 11.6 Å². The van der Waals surface area contributed by atoms with Gasteiger partial charge >= 0.3 is 6.61 Å². The van der Waals surface area contributed by atoms with E-state index in [2.05, 4.69) is 19.6 Å². The fourth-order valence-corrected chi connectivity index (χ4v) is 5.66. The van der Waals surface area contributed by atoms with E-state index in [1.807, 2.05) is 22.7 Å². The van der Waals surface area contributed by atoms with E-state index in [0.717, 1.165) is 24.5 Å². The quantitative estimate of drug-likeness (QED) is 0.763. The molecule has 0 aromatic carbocycles. The summed E-state index contributed by atoms with van der Waals surface area (Å²) in [6, 6.07) is 3.64. The summed E-state index contributed by atoms with van der Waals surface area (Å²) in [5.74, 6) is 1.92. The number of aromatic nitrogens is 3. The average molecular weight is 438 g/mol. The molecule has 5 heterocycles. The Kier molecular flexibility index (Phi) is 5.00. The number of fused-ring (bicyclic) bond motifs is 2. The zero-order chi connectivity index (χ0) is 20.8. The third-order valence-electron chi connectivity index (χ3n) is 5.70. The van der Waals surface area contributed by atoms with E-state index in [1.54, 1.807) is 0 Å². The smallest absolute Gasteiger partial charge is 0.387 e. The minimum Gasteiger partial charge on any atom is -0.431 e. The molecule has 0 radical (unpaired) electrons. The van der Waals surface area contributed by atoms with Gasteiger partial charge in [0.05, 0.1) is 12.2 Å². The summed E-state index contributed by atoms with van der Waals surface area (Å²) < 4.78 is 43.7. The molecule has 2 aromatic heterocycles. The van der Waals surface area contributed by atoms with Gasteiger partial charge in [0.25, 0.3) is 0 Å². The van der Waals surface area contributed by atoms with Gasteiger partial charge in [-0.15, -0.1) is 0 Å². The van der Waals surface area contributed by atoms with Crippen LogP contribution < -0.4 is 20.3 Å². The SMILES string of the molecule is Nc1ncc(-c2cc(N3CC4CC3CS4)nc(N3CCC(F)C3)n2)cc1OC(F)F. The molecule has 7 nitrogen and oxygen atoms in total. The summed E-state index contributed by atoms with van der Waals surface area (Å²) in [6.45, 7) is -1.34. The first-order chi connectivity index (χ1) is 14.5. The Morgan fingerprint density at radius 1 is 1.23 bits per heavy atom. The number of thioether (sulfide) groups is 1. The number of anilines is 3. The van der Waals surface area contributed by atoms with Gasteiger partial charge in [0.1, 0.15) is 12.0 Å². The van der Waals surface area contributed by atoms with Crippen molar-refractivity contribution >= 4 is 29.3 Å². The Morgan fingerprint density at radius 2 is 2.10 bits per heavy atom. The van der Waals surface area contributed by atoms with Crippen LogP contribution in [0.5, 0.6) is 5.75 Å². The molecule has 160 valence electrons. The van der Waals surface area contributed by atoms with Gasteiger partial charge in [0, 0.05) is 48.0 Å². The number of nitrogen functional groups attached to an aromatic ring is 1. The van der Waals surface area contributed by atoms with Gasteiger partial charge in [-0.1, -0.05) is 0 Å². The van der Waals surface area contributed by atoms with Crippen molar-refractivity contribution in [3.8, 4) is 17.0 Å². The molecule has 3 fully saturated rings. The van der Waals surface area contributed by atoms with Crippen molar-refractivity contribution in [2.24, 2.45) is 0 Å². The van der Waals surface area contributed by atoms with Crippen molar-refractivity contribution in [2.45, 2.75) is 36.9 Å². The molecule has 0 amide bonds. The maximum absolute atomic E-state index is 13.8. The molecule has 2 bridgehead atoms. The van der Waals surface area contributed by atoms with Crippen LogP contribution >= 0.6 is 11.8 Å². The van der Waals surface area contributed by atoms with Crippen LogP contribution in [0.1, 0.15) is 12.8 Å². The monoisotopic (exact) mass is 438 g/mol. The van der Waals surface area contributed by atoms with Crippen LogP contribution in [0.2, 0.25) is 0 Å². The van der Waals surface area contributed by atoms with E-state index in [0.29, 0.717) is 41.5 Å². The molecule has 2 aromatic rings. The highest BCUT2D eigenvalue weighted by atomic mass is 32.2. The van der Waals surface area contributed by atoms with E-state index in [9.17, 15) is 13.2 Å². The summed E-state index contributed by atoms with van der Waals surface area (Å²) in [6.07, 6.45) is 2.11. The number of halogens is 3. The van der Waals surface area contributed by atoms with E-state index in [1.165, 1.54) is 12.3 Å². The van der Waals surface area contributed by atoms with Crippen molar-refractivity contribution in [2.75, 3.05) is 40.9 Å². The van der Waals surface area contributed by atoms with Crippen molar-refractivity contribution < 1.29 is 17.9 Å². The summed E-state index contributed by atoms with van der Waals surface area (Å²) in [5, 5.41) is 0.586. The molecule has 30 heavy (non-hydrogen) atoms. The summed E-state index contributed by atoms with van der Waals surface area (Å²) >= 11 is 1.97. The average Bonchev–Trinajstić information content (AvgIpc) is 3.46. The normalized spacial score (nSPS) is 25.5. The number of pyridine rings is 1. The minimum atomic E-state index is -3.01. The molecule has 11 heteroatoms. The van der Waals surface area contributed by atoms with E-state index >= 15 is 0 Å². The molecular weight excluding hydrogens is 417 g/mol. The van der Waals surface area contributed by atoms with Gasteiger partial charge in [-0.3, -0.25) is 0 Å². The lowest BCUT2D eigenvalue weighted by atomic mass is 10.2. The number of rotatable bonds is 5. The number of hydrogen-bond donors (Lipinski definition) is 1. The molecule has 3 aliphatic heterocycles. The zero-order valence-electron chi connectivity index (χ0n) is 16.0. The standard InChI is InChI=1S/C19H21F3N6OS/c20-11-1-2-27(7-11)19-25-14(10-3-15(29-18(21)22)17(23)24-6-10)5-16(26-19)28-8-13-4-12(28)9-30-13/h3,5-6,11-13,18H,1-2,4,7-9H2,(H2,23,24). The highest BCUT2D eigenvalue weighted by Gasteiger charge is 2.39. The van der Waals surface area contributed by atoms with Crippen molar-refractivity contribution in [1.29, 1.82) is 0 Å². The first-order valence-electron chi connectivity index (χ1n) is 9.83. The van der Waals surface area contributed by atoms with Crippen LogP contribution in [0.25, 0.3) is 11.3 Å². The highest BCUT2D eigenvalue weighted by molar-refractivity contribution is 8.00. The fraction of sp³-hybridized carbons (Fsp3) is 0.526. The maximum atomic E-state index is 13.8. The van der Waals surface area contributed by atoms with Gasteiger partial charge in [-0.2, -0.15) is 25.5 Å². The highest BCUT2D eigenvalue weighted by Crippen LogP contribution is 2.41. The second-order valence-corrected chi connectivity index (χ2v) is 9.06. The van der Waals surface area contributed by atoms with Gasteiger partial charge in [-0.25, -0.2) is 14.4 Å². The zero-order valence-corrected chi connectivity index (χ0v) is 16.9. The molecule has 5 rings (SSSR count). The Balaban J connectivity index is 1.55. The van der Waals surface area contributed by atoms with Gasteiger partial charge < -0.3 is 20.3 Å². The molecule has 2 N–H and O–H groups in total. The predicted octanol–water partition coefficient (Wildman–Crippen LogP) is 2.96. The molecule has 3 aliphatic rings. The molecule has 0 spiro atoms. The minimum absolute atomic E-state index is 0.123. The fourth-order valence-electron chi connectivity index (χ4n) is 4.22. The topological polar surface area (TPSA) is 80.4 Å². The predicted molar refractivity (Wildman–Crippen MR) is 110 cm³/mol. The molecule has 3 saturated heterocycles. The van der Waals surface area contributed by atoms with Crippen LogP contribution in [0.4, 0.5) is 30.8 Å². The first kappa shape index (κ1) is 19.5. The maximum Gasteiger partial charge on any atom is 0.387 e. The molecule has 3 unspecified atom stereocenters. The molecular formula is C19H21F3N6OS. The Morgan fingerprint density at radius 3 is 2.77 bits per heavy atom. The van der Waals surface area contributed by atoms with E-state index in [-0.39, 0.29) is 18.1 Å². The lowest BCUT2D eigenvalue weighted by Gasteiger charge is -2.29. The largest absolute Gasteiger partial charge is 0.431 e. The summed E-state index contributed by atoms with van der Waals surface area (Å²) in [4.78, 5) is 17.4.